The van der Waals surface area contributed by atoms with Crippen LogP contribution in [0.25, 0.3) is 0 Å². The summed E-state index contributed by atoms with van der Waals surface area (Å²) in [5.41, 5.74) is 6.88. The molecule has 0 aliphatic rings. The van der Waals surface area contributed by atoms with Gasteiger partial charge < -0.3 is 5.73 Å². The Morgan fingerprint density at radius 1 is 1.56 bits per heavy atom. The second-order valence-corrected chi connectivity index (χ2v) is 4.20. The number of benzene rings is 1. The lowest BCUT2D eigenvalue weighted by molar-refractivity contribution is 0.513. The Labute approximate surface area is 99.8 Å². The molecule has 0 aliphatic heterocycles. The van der Waals surface area contributed by atoms with E-state index in [0.29, 0.717) is 22.6 Å². The highest BCUT2D eigenvalue weighted by atomic mass is 35.5. The number of hydrogen-bond acceptors (Lipinski definition) is 2. The molecule has 1 aromatic rings. The number of aryl methyl sites for hydroxylation is 1. The molecule has 2 unspecified atom stereocenters. The molecular formula is C12H14ClFN2. The largest absolute Gasteiger partial charge is 0.323 e. The lowest BCUT2D eigenvalue weighted by Crippen LogP contribution is -2.20. The van der Waals surface area contributed by atoms with Gasteiger partial charge in [0.25, 0.3) is 0 Å². The topological polar surface area (TPSA) is 49.8 Å². The van der Waals surface area contributed by atoms with Gasteiger partial charge in [0.15, 0.2) is 0 Å². The van der Waals surface area contributed by atoms with E-state index in [2.05, 4.69) is 6.07 Å². The van der Waals surface area contributed by atoms with Crippen LogP contribution in [0.2, 0.25) is 5.02 Å². The highest BCUT2D eigenvalue weighted by molar-refractivity contribution is 6.31. The summed E-state index contributed by atoms with van der Waals surface area (Å²) in [6.45, 7) is 3.50. The summed E-state index contributed by atoms with van der Waals surface area (Å²) >= 11 is 6.00. The maximum atomic E-state index is 13.4. The van der Waals surface area contributed by atoms with Gasteiger partial charge in [-0.25, -0.2) is 4.39 Å². The first kappa shape index (κ1) is 13.0. The third kappa shape index (κ3) is 2.52. The molecule has 0 amide bonds. The van der Waals surface area contributed by atoms with Crippen molar-refractivity contribution in [3.05, 3.63) is 34.1 Å². The Morgan fingerprint density at radius 2 is 2.19 bits per heavy atom. The molecule has 0 fully saturated rings. The van der Waals surface area contributed by atoms with Gasteiger partial charge in [0.2, 0.25) is 0 Å². The molecule has 86 valence electrons. The molecule has 1 rings (SSSR count). The summed E-state index contributed by atoms with van der Waals surface area (Å²) in [4.78, 5) is 0. The van der Waals surface area contributed by atoms with E-state index in [0.717, 1.165) is 0 Å². The summed E-state index contributed by atoms with van der Waals surface area (Å²) < 4.78 is 13.4. The zero-order chi connectivity index (χ0) is 12.3. The van der Waals surface area contributed by atoms with Gasteiger partial charge in [-0.05, 0) is 36.6 Å². The third-order valence-electron chi connectivity index (χ3n) is 2.68. The number of hydrogen-bond donors (Lipinski definition) is 1. The Morgan fingerprint density at radius 3 is 2.69 bits per heavy atom. The van der Waals surface area contributed by atoms with Gasteiger partial charge in [-0.15, -0.1) is 0 Å². The molecule has 1 aromatic carbocycles. The SMILES string of the molecule is CCC(C#N)C(N)c1cc(F)c(C)cc1Cl. The average Bonchev–Trinajstić information content (AvgIpc) is 2.25. The Balaban J connectivity index is 3.14. The molecule has 0 radical (unpaired) electrons. The highest BCUT2D eigenvalue weighted by Crippen LogP contribution is 2.29. The van der Waals surface area contributed by atoms with E-state index >= 15 is 0 Å². The van der Waals surface area contributed by atoms with E-state index in [-0.39, 0.29) is 11.7 Å². The van der Waals surface area contributed by atoms with E-state index in [1.807, 2.05) is 6.92 Å². The van der Waals surface area contributed by atoms with Crippen molar-refractivity contribution in [2.45, 2.75) is 26.3 Å². The lowest BCUT2D eigenvalue weighted by Gasteiger charge is -2.18. The van der Waals surface area contributed by atoms with Crippen LogP contribution in [0.15, 0.2) is 12.1 Å². The second-order valence-electron chi connectivity index (χ2n) is 3.79. The Hall–Kier alpha value is -1.11. The van der Waals surface area contributed by atoms with E-state index in [1.165, 1.54) is 12.1 Å². The van der Waals surface area contributed by atoms with Crippen molar-refractivity contribution in [2.24, 2.45) is 11.7 Å². The average molecular weight is 241 g/mol. The number of nitrogens with zero attached hydrogens (tertiary/aromatic N) is 1. The molecule has 0 spiro atoms. The fourth-order valence-corrected chi connectivity index (χ4v) is 1.90. The summed E-state index contributed by atoms with van der Waals surface area (Å²) in [5, 5.41) is 9.32. The third-order valence-corrected chi connectivity index (χ3v) is 3.00. The molecule has 2 N–H and O–H groups in total. The Bertz CT molecular complexity index is 426. The van der Waals surface area contributed by atoms with E-state index in [9.17, 15) is 4.39 Å². The molecule has 0 aliphatic carbocycles. The van der Waals surface area contributed by atoms with Crippen molar-refractivity contribution in [1.29, 1.82) is 5.26 Å². The molecule has 0 aromatic heterocycles. The fourth-order valence-electron chi connectivity index (χ4n) is 1.56. The van der Waals surface area contributed by atoms with Crippen LogP contribution in [-0.2, 0) is 0 Å². The first-order chi connectivity index (χ1) is 7.51. The Kier molecular flexibility index (Phi) is 4.28. The first-order valence-corrected chi connectivity index (χ1v) is 5.49. The van der Waals surface area contributed by atoms with Crippen molar-refractivity contribution in [3.63, 3.8) is 0 Å². The molecule has 2 atom stereocenters. The van der Waals surface area contributed by atoms with Gasteiger partial charge in [0.1, 0.15) is 5.82 Å². The van der Waals surface area contributed by atoms with Crippen LogP contribution in [0, 0.1) is 30.0 Å². The van der Waals surface area contributed by atoms with Crippen LogP contribution in [0.3, 0.4) is 0 Å². The zero-order valence-corrected chi connectivity index (χ0v) is 10.1. The van der Waals surface area contributed by atoms with Gasteiger partial charge in [0, 0.05) is 11.1 Å². The van der Waals surface area contributed by atoms with Crippen LogP contribution >= 0.6 is 11.6 Å². The minimum Gasteiger partial charge on any atom is -0.323 e. The maximum absolute atomic E-state index is 13.4. The number of nitriles is 1. The highest BCUT2D eigenvalue weighted by Gasteiger charge is 2.20. The standard InChI is InChI=1S/C12H14ClFN2/c1-3-8(6-15)12(16)9-5-11(14)7(2)4-10(9)13/h4-5,8,12H,3,16H2,1-2H3. The van der Waals surface area contributed by atoms with Gasteiger partial charge in [0.05, 0.1) is 12.0 Å². The predicted octanol–water partition coefficient (Wildman–Crippen LogP) is 3.34. The molecule has 16 heavy (non-hydrogen) atoms. The number of rotatable bonds is 3. The van der Waals surface area contributed by atoms with Crippen LogP contribution < -0.4 is 5.73 Å². The number of nitrogens with two attached hydrogens (primary N) is 1. The molecule has 4 heteroatoms. The number of halogens is 2. The minimum absolute atomic E-state index is 0.345. The van der Waals surface area contributed by atoms with Gasteiger partial charge in [-0.2, -0.15) is 5.26 Å². The fraction of sp³-hybridized carbons (Fsp3) is 0.417. The molecular weight excluding hydrogens is 227 g/mol. The summed E-state index contributed by atoms with van der Waals surface area (Å²) in [6.07, 6.45) is 0.615. The summed E-state index contributed by atoms with van der Waals surface area (Å²) in [5.74, 6) is -0.692. The normalized spacial score (nSPS) is 14.2. The zero-order valence-electron chi connectivity index (χ0n) is 9.30. The van der Waals surface area contributed by atoms with Crippen molar-refractivity contribution in [3.8, 4) is 6.07 Å². The quantitative estimate of drug-likeness (QED) is 0.881. The van der Waals surface area contributed by atoms with E-state index < -0.39 is 6.04 Å². The molecule has 0 saturated heterocycles. The van der Waals surface area contributed by atoms with Gasteiger partial charge in [-0.1, -0.05) is 18.5 Å². The van der Waals surface area contributed by atoms with Crippen molar-refractivity contribution in [2.75, 3.05) is 0 Å². The molecule has 0 heterocycles. The van der Waals surface area contributed by atoms with E-state index in [4.69, 9.17) is 22.6 Å². The van der Waals surface area contributed by atoms with Crippen LogP contribution in [-0.4, -0.2) is 0 Å². The van der Waals surface area contributed by atoms with Gasteiger partial charge >= 0.3 is 0 Å². The van der Waals surface area contributed by atoms with Crippen LogP contribution in [0.1, 0.15) is 30.5 Å². The monoisotopic (exact) mass is 240 g/mol. The van der Waals surface area contributed by atoms with Crippen LogP contribution in [0.4, 0.5) is 4.39 Å². The predicted molar refractivity (Wildman–Crippen MR) is 62.5 cm³/mol. The van der Waals surface area contributed by atoms with Gasteiger partial charge in [-0.3, -0.25) is 0 Å². The maximum Gasteiger partial charge on any atom is 0.126 e. The summed E-state index contributed by atoms with van der Waals surface area (Å²) in [6, 6.07) is 4.42. The van der Waals surface area contributed by atoms with Crippen LogP contribution in [0.5, 0.6) is 0 Å². The van der Waals surface area contributed by atoms with Crippen molar-refractivity contribution in [1.82, 2.24) is 0 Å². The van der Waals surface area contributed by atoms with Crippen molar-refractivity contribution < 1.29 is 4.39 Å². The molecule has 0 bridgehead atoms. The molecule has 0 saturated carbocycles. The first-order valence-electron chi connectivity index (χ1n) is 5.12. The second kappa shape index (κ2) is 5.29. The van der Waals surface area contributed by atoms with E-state index in [1.54, 1.807) is 6.92 Å². The summed E-state index contributed by atoms with van der Waals surface area (Å²) in [7, 11) is 0. The van der Waals surface area contributed by atoms with Crippen molar-refractivity contribution >= 4 is 11.6 Å². The smallest absolute Gasteiger partial charge is 0.126 e. The lowest BCUT2D eigenvalue weighted by atomic mass is 9.92. The molecule has 2 nitrogen and oxygen atoms in total. The minimum atomic E-state index is -0.544.